The summed E-state index contributed by atoms with van der Waals surface area (Å²) in [7, 11) is 0. The molecule has 0 radical (unpaired) electrons. The summed E-state index contributed by atoms with van der Waals surface area (Å²) in [6, 6.07) is 15.5. The highest BCUT2D eigenvalue weighted by Crippen LogP contribution is 2.35. The molecule has 2 aromatic carbocycles. The Morgan fingerprint density at radius 3 is 2.52 bits per heavy atom. The minimum absolute atomic E-state index is 0.116. The first-order valence-electron chi connectivity index (χ1n) is 6.33. The maximum absolute atomic E-state index is 5.97. The molecule has 4 rings (SSSR count). The van der Waals surface area contributed by atoms with Crippen molar-refractivity contribution in [1.29, 1.82) is 0 Å². The number of furan rings is 1. The molecule has 4 aromatic rings. The van der Waals surface area contributed by atoms with E-state index in [0.717, 1.165) is 27.5 Å². The predicted octanol–water partition coefficient (Wildman–Crippen LogP) is 5.35. The zero-order chi connectivity index (χ0) is 14.4. The number of rotatable bonds is 1. The van der Waals surface area contributed by atoms with Gasteiger partial charge in [-0.3, -0.25) is 0 Å². The second kappa shape index (κ2) is 4.72. The van der Waals surface area contributed by atoms with Crippen molar-refractivity contribution in [3.05, 3.63) is 59.0 Å². The molecule has 0 aliphatic heterocycles. The van der Waals surface area contributed by atoms with Gasteiger partial charge in [0.25, 0.3) is 0 Å². The molecule has 0 aliphatic carbocycles. The Labute approximate surface area is 130 Å². The molecule has 0 bridgehead atoms. The first-order valence-corrected chi connectivity index (χ1v) is 7.09. The summed E-state index contributed by atoms with van der Waals surface area (Å²) in [5, 5.41) is 2.53. The van der Waals surface area contributed by atoms with Gasteiger partial charge in [0.2, 0.25) is 5.28 Å². The fraction of sp³-hybridized carbons (Fsp3) is 0. The van der Waals surface area contributed by atoms with Gasteiger partial charge in [-0.25, -0.2) is 9.97 Å². The lowest BCUT2D eigenvalue weighted by Crippen LogP contribution is -1.88. The highest BCUT2D eigenvalue weighted by molar-refractivity contribution is 6.32. The van der Waals surface area contributed by atoms with E-state index in [1.165, 1.54) is 0 Å². The number of nitrogens with zero attached hydrogens (tertiary/aromatic N) is 2. The number of halogens is 2. The van der Waals surface area contributed by atoms with Gasteiger partial charge in [0.05, 0.1) is 5.69 Å². The van der Waals surface area contributed by atoms with Crippen LogP contribution in [0.5, 0.6) is 0 Å². The highest BCUT2D eigenvalue weighted by Gasteiger charge is 2.13. The molecule has 2 aromatic heterocycles. The number of benzene rings is 2. The van der Waals surface area contributed by atoms with Gasteiger partial charge < -0.3 is 4.42 Å². The number of fused-ring (bicyclic) bond motifs is 3. The lowest BCUT2D eigenvalue weighted by atomic mass is 10.1. The standard InChI is InChI=1S/C16H8Cl2N2O/c17-14-8-12(19-16(18)20-14)11-6-3-5-10-9-4-1-2-7-13(9)21-15(10)11/h1-8H. The average Bonchev–Trinajstić information content (AvgIpc) is 2.84. The van der Waals surface area contributed by atoms with Crippen molar-refractivity contribution in [2.45, 2.75) is 0 Å². The predicted molar refractivity (Wildman–Crippen MR) is 84.8 cm³/mol. The zero-order valence-corrected chi connectivity index (χ0v) is 12.2. The highest BCUT2D eigenvalue weighted by atomic mass is 35.5. The monoisotopic (exact) mass is 314 g/mol. The van der Waals surface area contributed by atoms with Crippen LogP contribution in [0.2, 0.25) is 10.4 Å². The molecule has 0 N–H and O–H groups in total. The Hall–Kier alpha value is -2.10. The number of hydrogen-bond donors (Lipinski definition) is 0. The first kappa shape index (κ1) is 12.6. The van der Waals surface area contributed by atoms with Gasteiger partial charge in [-0.15, -0.1) is 0 Å². The van der Waals surface area contributed by atoms with Gasteiger partial charge in [0.1, 0.15) is 16.3 Å². The van der Waals surface area contributed by atoms with Crippen molar-refractivity contribution in [3.63, 3.8) is 0 Å². The van der Waals surface area contributed by atoms with Gasteiger partial charge >= 0.3 is 0 Å². The Bertz CT molecular complexity index is 958. The summed E-state index contributed by atoms with van der Waals surface area (Å²) in [6.45, 7) is 0. The third-order valence-corrected chi connectivity index (χ3v) is 3.71. The summed E-state index contributed by atoms with van der Waals surface area (Å²) >= 11 is 11.9. The average molecular weight is 315 g/mol. The van der Waals surface area contributed by atoms with E-state index in [2.05, 4.69) is 9.97 Å². The Kier molecular flexibility index (Phi) is 2.84. The third kappa shape index (κ3) is 2.06. The topological polar surface area (TPSA) is 38.9 Å². The molecular formula is C16H8Cl2N2O. The summed E-state index contributed by atoms with van der Waals surface area (Å²) in [5.74, 6) is 0. The largest absolute Gasteiger partial charge is 0.455 e. The molecule has 3 nitrogen and oxygen atoms in total. The molecule has 0 fully saturated rings. The second-order valence-corrected chi connectivity index (χ2v) is 5.35. The summed E-state index contributed by atoms with van der Waals surface area (Å²) < 4.78 is 5.97. The van der Waals surface area contributed by atoms with E-state index in [0.29, 0.717) is 10.8 Å². The van der Waals surface area contributed by atoms with Crippen molar-refractivity contribution in [3.8, 4) is 11.3 Å². The van der Waals surface area contributed by atoms with Gasteiger partial charge in [-0.05, 0) is 23.7 Å². The minimum atomic E-state index is 0.116. The van der Waals surface area contributed by atoms with Crippen molar-refractivity contribution in [2.24, 2.45) is 0 Å². The fourth-order valence-corrected chi connectivity index (χ4v) is 2.89. The van der Waals surface area contributed by atoms with E-state index in [-0.39, 0.29) is 5.28 Å². The molecule has 0 atom stereocenters. The molecule has 0 amide bonds. The second-order valence-electron chi connectivity index (χ2n) is 4.63. The van der Waals surface area contributed by atoms with Gasteiger partial charge in [-0.1, -0.05) is 41.9 Å². The smallest absolute Gasteiger partial charge is 0.224 e. The molecule has 0 unspecified atom stereocenters. The van der Waals surface area contributed by atoms with Crippen molar-refractivity contribution >= 4 is 45.1 Å². The Morgan fingerprint density at radius 2 is 1.67 bits per heavy atom. The fourth-order valence-electron chi connectivity index (χ4n) is 2.48. The van der Waals surface area contributed by atoms with Crippen molar-refractivity contribution in [1.82, 2.24) is 9.97 Å². The first-order chi connectivity index (χ1) is 10.2. The molecular weight excluding hydrogens is 307 g/mol. The normalized spacial score (nSPS) is 11.3. The maximum Gasteiger partial charge on any atom is 0.224 e. The van der Waals surface area contributed by atoms with Crippen LogP contribution in [-0.2, 0) is 0 Å². The van der Waals surface area contributed by atoms with Crippen LogP contribution in [-0.4, -0.2) is 9.97 Å². The SMILES string of the molecule is Clc1cc(-c2cccc3c2oc2ccccc23)nc(Cl)n1. The van der Waals surface area contributed by atoms with Crippen LogP contribution in [0.3, 0.4) is 0 Å². The lowest BCUT2D eigenvalue weighted by molar-refractivity contribution is 0.670. The molecule has 5 heteroatoms. The number of aromatic nitrogens is 2. The molecule has 102 valence electrons. The van der Waals surface area contributed by atoms with Crippen LogP contribution >= 0.6 is 23.2 Å². The van der Waals surface area contributed by atoms with Crippen LogP contribution in [0.25, 0.3) is 33.2 Å². The molecule has 21 heavy (non-hydrogen) atoms. The minimum Gasteiger partial charge on any atom is -0.455 e. The Morgan fingerprint density at radius 1 is 0.857 bits per heavy atom. The number of hydrogen-bond acceptors (Lipinski definition) is 3. The molecule has 0 saturated heterocycles. The van der Waals surface area contributed by atoms with E-state index in [9.17, 15) is 0 Å². The third-order valence-electron chi connectivity index (χ3n) is 3.35. The van der Waals surface area contributed by atoms with E-state index in [4.69, 9.17) is 27.6 Å². The van der Waals surface area contributed by atoms with Crippen molar-refractivity contribution in [2.75, 3.05) is 0 Å². The van der Waals surface area contributed by atoms with Gasteiger partial charge in [0.15, 0.2) is 0 Å². The van der Waals surface area contributed by atoms with E-state index >= 15 is 0 Å². The van der Waals surface area contributed by atoms with Crippen molar-refractivity contribution < 1.29 is 4.42 Å². The molecule has 0 aliphatic rings. The van der Waals surface area contributed by atoms with Crippen LogP contribution in [0.1, 0.15) is 0 Å². The summed E-state index contributed by atoms with van der Waals surface area (Å²) in [5.41, 5.74) is 3.09. The summed E-state index contributed by atoms with van der Waals surface area (Å²) in [6.07, 6.45) is 0. The quantitative estimate of drug-likeness (QED) is 0.351. The van der Waals surface area contributed by atoms with Gasteiger partial charge in [0, 0.05) is 22.4 Å². The molecule has 0 saturated carbocycles. The van der Waals surface area contributed by atoms with Crippen LogP contribution in [0.15, 0.2) is 52.9 Å². The van der Waals surface area contributed by atoms with E-state index in [1.54, 1.807) is 6.07 Å². The lowest BCUT2D eigenvalue weighted by Gasteiger charge is -2.02. The molecule has 2 heterocycles. The Balaban J connectivity index is 2.09. The summed E-state index contributed by atoms with van der Waals surface area (Å²) in [4.78, 5) is 8.11. The van der Waals surface area contributed by atoms with Crippen LogP contribution < -0.4 is 0 Å². The number of para-hydroxylation sites is 2. The van der Waals surface area contributed by atoms with Gasteiger partial charge in [-0.2, -0.15) is 0 Å². The van der Waals surface area contributed by atoms with Crippen LogP contribution in [0.4, 0.5) is 0 Å². The maximum atomic E-state index is 5.97. The van der Waals surface area contributed by atoms with E-state index < -0.39 is 0 Å². The zero-order valence-electron chi connectivity index (χ0n) is 10.7. The van der Waals surface area contributed by atoms with Crippen LogP contribution in [0, 0.1) is 0 Å². The molecule has 0 spiro atoms. The van der Waals surface area contributed by atoms with E-state index in [1.807, 2.05) is 42.5 Å².